The van der Waals surface area contributed by atoms with Crippen LogP contribution < -0.4 is 4.90 Å². The van der Waals surface area contributed by atoms with E-state index in [0.29, 0.717) is 0 Å². The van der Waals surface area contributed by atoms with Crippen LogP contribution in [0.25, 0.3) is 0 Å². The lowest BCUT2D eigenvalue weighted by Crippen LogP contribution is -2.19. The molecule has 1 heterocycles. The molecular weight excluding hydrogens is 244 g/mol. The first-order valence-electron chi connectivity index (χ1n) is 6.07. The van der Waals surface area contributed by atoms with E-state index in [2.05, 4.69) is 15.3 Å². The second-order valence-corrected chi connectivity index (χ2v) is 5.04. The van der Waals surface area contributed by atoms with E-state index in [-0.39, 0.29) is 0 Å². The number of aromatic nitrogens is 1. The molecule has 4 heteroatoms. The molecule has 1 aromatic carbocycles. The highest BCUT2D eigenvalue weighted by atomic mass is 32.1. The number of para-hydroxylation sites is 1. The topological polar surface area (TPSA) is 36.4 Å². The number of anilines is 1. The SMILES string of the molecule is CCC(O)c1ccccc1N(C)Cc1cscn1. The molecule has 2 aromatic rings. The second-order valence-electron chi connectivity index (χ2n) is 4.32. The van der Waals surface area contributed by atoms with Crippen molar-refractivity contribution in [1.82, 2.24) is 4.98 Å². The zero-order valence-electron chi connectivity index (χ0n) is 10.7. The van der Waals surface area contributed by atoms with E-state index in [1.54, 1.807) is 11.3 Å². The highest BCUT2D eigenvalue weighted by Gasteiger charge is 2.13. The van der Waals surface area contributed by atoms with Crippen molar-refractivity contribution in [2.75, 3.05) is 11.9 Å². The number of aliphatic hydroxyl groups excluding tert-OH is 1. The highest BCUT2D eigenvalue weighted by molar-refractivity contribution is 7.07. The number of aliphatic hydroxyl groups is 1. The fraction of sp³-hybridized carbons (Fsp3) is 0.357. The summed E-state index contributed by atoms with van der Waals surface area (Å²) in [7, 11) is 2.03. The molecule has 1 atom stereocenters. The summed E-state index contributed by atoms with van der Waals surface area (Å²) in [6, 6.07) is 7.99. The Balaban J connectivity index is 2.21. The largest absolute Gasteiger partial charge is 0.388 e. The summed E-state index contributed by atoms with van der Waals surface area (Å²) >= 11 is 1.60. The van der Waals surface area contributed by atoms with E-state index >= 15 is 0 Å². The van der Waals surface area contributed by atoms with Crippen molar-refractivity contribution in [3.63, 3.8) is 0 Å². The van der Waals surface area contributed by atoms with Crippen molar-refractivity contribution in [3.8, 4) is 0 Å². The number of hydrogen-bond donors (Lipinski definition) is 1. The van der Waals surface area contributed by atoms with E-state index in [4.69, 9.17) is 0 Å². The van der Waals surface area contributed by atoms with Gasteiger partial charge in [0.2, 0.25) is 0 Å². The van der Waals surface area contributed by atoms with Gasteiger partial charge in [-0.15, -0.1) is 11.3 Å². The molecule has 2 rings (SSSR count). The van der Waals surface area contributed by atoms with Gasteiger partial charge in [-0.1, -0.05) is 25.1 Å². The third-order valence-electron chi connectivity index (χ3n) is 2.98. The molecule has 0 aliphatic heterocycles. The first-order chi connectivity index (χ1) is 8.72. The summed E-state index contributed by atoms with van der Waals surface area (Å²) in [5.74, 6) is 0. The van der Waals surface area contributed by atoms with Gasteiger partial charge in [-0.25, -0.2) is 4.98 Å². The van der Waals surface area contributed by atoms with E-state index in [0.717, 1.165) is 29.9 Å². The molecule has 0 aliphatic rings. The Morgan fingerprint density at radius 2 is 2.17 bits per heavy atom. The van der Waals surface area contributed by atoms with Gasteiger partial charge in [-0.2, -0.15) is 0 Å². The molecule has 1 unspecified atom stereocenters. The number of rotatable bonds is 5. The van der Waals surface area contributed by atoms with Crippen molar-refractivity contribution in [2.24, 2.45) is 0 Å². The quantitative estimate of drug-likeness (QED) is 0.898. The van der Waals surface area contributed by atoms with Gasteiger partial charge in [0.15, 0.2) is 0 Å². The molecule has 0 radical (unpaired) electrons. The Labute approximate surface area is 112 Å². The van der Waals surface area contributed by atoms with Crippen LogP contribution in [0.3, 0.4) is 0 Å². The smallest absolute Gasteiger partial charge is 0.0807 e. The van der Waals surface area contributed by atoms with Gasteiger partial charge in [-0.05, 0) is 12.5 Å². The standard InChI is InChI=1S/C14H18N2OS/c1-3-14(17)12-6-4-5-7-13(12)16(2)8-11-9-18-10-15-11/h4-7,9-10,14,17H,3,8H2,1-2H3. The molecule has 0 spiro atoms. The molecule has 1 N–H and O–H groups in total. The minimum atomic E-state index is -0.404. The maximum atomic E-state index is 10.0. The zero-order chi connectivity index (χ0) is 13.0. The molecular formula is C14H18N2OS. The highest BCUT2D eigenvalue weighted by Crippen LogP contribution is 2.28. The maximum absolute atomic E-state index is 10.0. The van der Waals surface area contributed by atoms with Gasteiger partial charge >= 0.3 is 0 Å². The summed E-state index contributed by atoms with van der Waals surface area (Å²) in [5, 5.41) is 12.1. The van der Waals surface area contributed by atoms with Crippen LogP contribution in [0.15, 0.2) is 35.2 Å². The Hall–Kier alpha value is -1.39. The summed E-state index contributed by atoms with van der Waals surface area (Å²) in [6.07, 6.45) is 0.320. The Morgan fingerprint density at radius 3 is 2.83 bits per heavy atom. The Kier molecular flexibility index (Phi) is 4.33. The number of benzene rings is 1. The van der Waals surface area contributed by atoms with E-state index < -0.39 is 6.10 Å². The fourth-order valence-corrected chi connectivity index (χ4v) is 2.53. The van der Waals surface area contributed by atoms with Crippen LogP contribution >= 0.6 is 11.3 Å². The molecule has 18 heavy (non-hydrogen) atoms. The van der Waals surface area contributed by atoms with Crippen LogP contribution in [0, 0.1) is 0 Å². The maximum Gasteiger partial charge on any atom is 0.0807 e. The van der Waals surface area contributed by atoms with Crippen LogP contribution in [0.2, 0.25) is 0 Å². The molecule has 1 aromatic heterocycles. The summed E-state index contributed by atoms with van der Waals surface area (Å²) in [6.45, 7) is 2.75. The normalized spacial score (nSPS) is 12.4. The lowest BCUT2D eigenvalue weighted by atomic mass is 10.0. The first kappa shape index (κ1) is 13.1. The number of nitrogens with zero attached hydrogens (tertiary/aromatic N) is 2. The molecule has 0 amide bonds. The molecule has 0 bridgehead atoms. The van der Waals surface area contributed by atoms with E-state index in [1.807, 2.05) is 43.7 Å². The van der Waals surface area contributed by atoms with E-state index in [9.17, 15) is 5.11 Å². The summed E-state index contributed by atoms with van der Waals surface area (Å²) in [4.78, 5) is 6.42. The van der Waals surface area contributed by atoms with E-state index in [1.165, 1.54) is 0 Å². The lowest BCUT2D eigenvalue weighted by Gasteiger charge is -2.23. The predicted molar refractivity (Wildman–Crippen MR) is 75.9 cm³/mol. The van der Waals surface area contributed by atoms with Gasteiger partial charge < -0.3 is 10.0 Å². The van der Waals surface area contributed by atoms with Gasteiger partial charge in [0.25, 0.3) is 0 Å². The van der Waals surface area contributed by atoms with Gasteiger partial charge in [0.05, 0.1) is 23.9 Å². The van der Waals surface area contributed by atoms with Crippen LogP contribution in [-0.2, 0) is 6.54 Å². The predicted octanol–water partition coefficient (Wildman–Crippen LogP) is 3.22. The molecule has 3 nitrogen and oxygen atoms in total. The molecule has 0 aliphatic carbocycles. The summed E-state index contributed by atoms with van der Waals surface area (Å²) < 4.78 is 0. The fourth-order valence-electron chi connectivity index (χ4n) is 1.98. The number of hydrogen-bond acceptors (Lipinski definition) is 4. The minimum Gasteiger partial charge on any atom is -0.388 e. The minimum absolute atomic E-state index is 0.404. The van der Waals surface area contributed by atoms with Gasteiger partial charge in [-0.3, -0.25) is 0 Å². The average Bonchev–Trinajstić information content (AvgIpc) is 2.90. The van der Waals surface area contributed by atoms with Crippen molar-refractivity contribution in [3.05, 3.63) is 46.4 Å². The van der Waals surface area contributed by atoms with Gasteiger partial charge in [0.1, 0.15) is 0 Å². The first-order valence-corrected chi connectivity index (χ1v) is 7.01. The van der Waals surface area contributed by atoms with Crippen molar-refractivity contribution in [1.29, 1.82) is 0 Å². The van der Waals surface area contributed by atoms with Crippen LogP contribution in [-0.4, -0.2) is 17.1 Å². The second kappa shape index (κ2) is 5.98. The summed E-state index contributed by atoms with van der Waals surface area (Å²) in [5.41, 5.74) is 4.96. The Morgan fingerprint density at radius 1 is 1.39 bits per heavy atom. The molecule has 0 saturated carbocycles. The molecule has 0 saturated heterocycles. The van der Waals surface area contributed by atoms with Crippen LogP contribution in [0.5, 0.6) is 0 Å². The average molecular weight is 262 g/mol. The zero-order valence-corrected chi connectivity index (χ0v) is 11.5. The molecule has 0 fully saturated rings. The third kappa shape index (κ3) is 2.89. The van der Waals surface area contributed by atoms with Crippen molar-refractivity contribution < 1.29 is 5.11 Å². The van der Waals surface area contributed by atoms with Crippen LogP contribution in [0.4, 0.5) is 5.69 Å². The van der Waals surface area contributed by atoms with Crippen molar-refractivity contribution in [2.45, 2.75) is 26.0 Å². The van der Waals surface area contributed by atoms with Crippen LogP contribution in [0.1, 0.15) is 30.7 Å². The molecule has 96 valence electrons. The monoisotopic (exact) mass is 262 g/mol. The van der Waals surface area contributed by atoms with Gasteiger partial charge in [0, 0.05) is 23.7 Å². The third-order valence-corrected chi connectivity index (χ3v) is 3.61. The van der Waals surface area contributed by atoms with Crippen molar-refractivity contribution >= 4 is 17.0 Å². The lowest BCUT2D eigenvalue weighted by molar-refractivity contribution is 0.174. The number of thiazole rings is 1. The Bertz CT molecular complexity index is 484.